The van der Waals surface area contributed by atoms with Crippen LogP contribution in [0.1, 0.15) is 22.9 Å². The van der Waals surface area contributed by atoms with Gasteiger partial charge in [-0.05, 0) is 31.2 Å². The maximum atomic E-state index is 14.6. The number of phenols is 1. The van der Waals surface area contributed by atoms with Crippen molar-refractivity contribution in [3.8, 4) is 5.75 Å². The third-order valence-corrected chi connectivity index (χ3v) is 4.54. The molecule has 27 heavy (non-hydrogen) atoms. The Balaban J connectivity index is 1.89. The zero-order chi connectivity index (χ0) is 18.8. The number of nitrogens with one attached hydrogen (secondary N) is 2. The minimum atomic E-state index is -0.587. The number of fused-ring (bicyclic) bond motifs is 1. The number of aryl methyl sites for hydroxylation is 1. The van der Waals surface area contributed by atoms with Crippen LogP contribution in [0.5, 0.6) is 5.75 Å². The summed E-state index contributed by atoms with van der Waals surface area (Å²) in [5, 5.41) is 15.1. The topological polar surface area (TPSA) is 59.3 Å². The van der Waals surface area contributed by atoms with Gasteiger partial charge in [-0.1, -0.05) is 36.4 Å². The quantitative estimate of drug-likeness (QED) is 0.567. The normalized spacial score (nSPS) is 12.1. The SMILES string of the molecule is Cc1ccc2ccc([C@H](Nc3cccc[nH+]3)c3ccccc3F)c(O)c2n1. The molecule has 4 aromatic rings. The molecule has 2 heterocycles. The van der Waals surface area contributed by atoms with Crippen LogP contribution in [0.3, 0.4) is 0 Å². The van der Waals surface area contributed by atoms with E-state index < -0.39 is 6.04 Å². The highest BCUT2D eigenvalue weighted by atomic mass is 19.1. The molecule has 0 saturated carbocycles. The maximum absolute atomic E-state index is 14.6. The molecule has 5 heteroatoms. The highest BCUT2D eigenvalue weighted by Crippen LogP contribution is 2.36. The fourth-order valence-electron chi connectivity index (χ4n) is 3.19. The zero-order valence-corrected chi connectivity index (χ0v) is 14.8. The first-order chi connectivity index (χ1) is 13.1. The fraction of sp³-hybridized carbons (Fsp3) is 0.0909. The van der Waals surface area contributed by atoms with Crippen molar-refractivity contribution < 1.29 is 14.5 Å². The third-order valence-electron chi connectivity index (χ3n) is 4.54. The summed E-state index contributed by atoms with van der Waals surface area (Å²) in [7, 11) is 0. The number of phenolic OH excluding ortho intramolecular Hbond substituents is 1. The Morgan fingerprint density at radius 3 is 2.52 bits per heavy atom. The molecule has 0 bridgehead atoms. The van der Waals surface area contributed by atoms with Crippen LogP contribution < -0.4 is 10.3 Å². The van der Waals surface area contributed by atoms with E-state index in [1.807, 2.05) is 49.4 Å². The molecule has 0 unspecified atom stereocenters. The molecule has 2 aromatic carbocycles. The van der Waals surface area contributed by atoms with Crippen molar-refractivity contribution in [2.45, 2.75) is 13.0 Å². The summed E-state index contributed by atoms with van der Waals surface area (Å²) in [5.74, 6) is 0.415. The van der Waals surface area contributed by atoms with Gasteiger partial charge in [0.25, 0.3) is 5.82 Å². The van der Waals surface area contributed by atoms with Crippen molar-refractivity contribution in [1.82, 2.24) is 4.98 Å². The summed E-state index contributed by atoms with van der Waals surface area (Å²) in [6.07, 6.45) is 1.78. The lowest BCUT2D eigenvalue weighted by molar-refractivity contribution is -0.361. The Bertz CT molecular complexity index is 1100. The number of aromatic amines is 1. The second-order valence-corrected chi connectivity index (χ2v) is 6.40. The lowest BCUT2D eigenvalue weighted by atomic mass is 9.95. The second-order valence-electron chi connectivity index (χ2n) is 6.40. The standard InChI is InChI=1S/C22H18FN3O/c1-14-9-10-15-11-12-17(22(27)20(15)25-14)21(16-6-2-3-7-18(16)23)26-19-8-4-5-13-24-19/h2-13,21,27H,1H3,(H,24,26)/p+1/t21-/m1/s1. The molecule has 2 aromatic heterocycles. The number of aromatic nitrogens is 2. The first-order valence-electron chi connectivity index (χ1n) is 8.70. The molecule has 134 valence electrons. The van der Waals surface area contributed by atoms with Gasteiger partial charge in [-0.3, -0.25) is 5.32 Å². The van der Waals surface area contributed by atoms with Gasteiger partial charge in [0.2, 0.25) is 0 Å². The summed E-state index contributed by atoms with van der Waals surface area (Å²) in [6.45, 7) is 1.87. The molecule has 1 atom stereocenters. The summed E-state index contributed by atoms with van der Waals surface area (Å²) in [4.78, 5) is 7.55. The zero-order valence-electron chi connectivity index (χ0n) is 14.8. The van der Waals surface area contributed by atoms with E-state index in [-0.39, 0.29) is 11.6 Å². The van der Waals surface area contributed by atoms with Crippen molar-refractivity contribution in [3.05, 3.63) is 95.6 Å². The van der Waals surface area contributed by atoms with Gasteiger partial charge in [-0.2, -0.15) is 0 Å². The van der Waals surface area contributed by atoms with E-state index in [0.29, 0.717) is 22.5 Å². The Morgan fingerprint density at radius 1 is 0.963 bits per heavy atom. The van der Waals surface area contributed by atoms with Crippen LogP contribution >= 0.6 is 0 Å². The van der Waals surface area contributed by atoms with Gasteiger partial charge < -0.3 is 5.11 Å². The van der Waals surface area contributed by atoms with Gasteiger partial charge in [-0.25, -0.2) is 14.4 Å². The molecule has 0 fully saturated rings. The highest BCUT2D eigenvalue weighted by Gasteiger charge is 2.26. The summed E-state index contributed by atoms with van der Waals surface area (Å²) >= 11 is 0. The van der Waals surface area contributed by atoms with E-state index >= 15 is 0 Å². The van der Waals surface area contributed by atoms with Crippen LogP contribution in [-0.4, -0.2) is 10.1 Å². The number of anilines is 1. The Labute approximate surface area is 156 Å². The number of aromatic hydroxyl groups is 1. The van der Waals surface area contributed by atoms with Gasteiger partial charge in [0.15, 0.2) is 6.04 Å². The number of halogens is 1. The predicted octanol–water partition coefficient (Wildman–Crippen LogP) is 4.40. The summed E-state index contributed by atoms with van der Waals surface area (Å²) in [6, 6.07) is 19.1. The Morgan fingerprint density at radius 2 is 1.74 bits per heavy atom. The van der Waals surface area contributed by atoms with Crippen molar-refractivity contribution in [2.75, 3.05) is 5.32 Å². The van der Waals surface area contributed by atoms with E-state index in [1.165, 1.54) is 6.07 Å². The van der Waals surface area contributed by atoms with Crippen LogP contribution in [0, 0.1) is 12.7 Å². The molecule has 0 aliphatic carbocycles. The lowest BCUT2D eigenvalue weighted by Gasteiger charge is -2.18. The van der Waals surface area contributed by atoms with E-state index in [2.05, 4.69) is 15.3 Å². The maximum Gasteiger partial charge on any atom is 0.272 e. The van der Waals surface area contributed by atoms with E-state index in [0.717, 1.165) is 11.1 Å². The van der Waals surface area contributed by atoms with E-state index in [1.54, 1.807) is 24.4 Å². The van der Waals surface area contributed by atoms with Crippen molar-refractivity contribution in [1.29, 1.82) is 0 Å². The summed E-state index contributed by atoms with van der Waals surface area (Å²) in [5.41, 5.74) is 2.31. The van der Waals surface area contributed by atoms with Crippen LogP contribution in [0.4, 0.5) is 10.2 Å². The molecule has 0 aliphatic rings. The van der Waals surface area contributed by atoms with Gasteiger partial charge in [0, 0.05) is 28.3 Å². The summed E-state index contributed by atoms with van der Waals surface area (Å²) < 4.78 is 14.6. The van der Waals surface area contributed by atoms with Gasteiger partial charge >= 0.3 is 0 Å². The minimum absolute atomic E-state index is 0.0490. The molecule has 4 rings (SSSR count). The van der Waals surface area contributed by atoms with Gasteiger partial charge in [0.05, 0.1) is 6.20 Å². The molecular weight excluding hydrogens is 341 g/mol. The van der Waals surface area contributed by atoms with Crippen LogP contribution in [-0.2, 0) is 0 Å². The minimum Gasteiger partial charge on any atom is -0.505 e. The molecule has 0 spiro atoms. The third kappa shape index (κ3) is 3.31. The van der Waals surface area contributed by atoms with Crippen molar-refractivity contribution in [2.24, 2.45) is 0 Å². The number of pyridine rings is 2. The smallest absolute Gasteiger partial charge is 0.272 e. The van der Waals surface area contributed by atoms with E-state index in [4.69, 9.17) is 0 Å². The molecular formula is C22H19FN3O+. The lowest BCUT2D eigenvalue weighted by Crippen LogP contribution is -2.19. The molecule has 3 N–H and O–H groups in total. The van der Waals surface area contributed by atoms with Crippen LogP contribution in [0.15, 0.2) is 72.9 Å². The fourth-order valence-corrected chi connectivity index (χ4v) is 3.19. The number of nitrogens with zero attached hydrogens (tertiary/aromatic N) is 1. The van der Waals surface area contributed by atoms with Gasteiger partial charge in [-0.15, -0.1) is 0 Å². The molecule has 0 saturated heterocycles. The highest BCUT2D eigenvalue weighted by molar-refractivity contribution is 5.86. The van der Waals surface area contributed by atoms with Gasteiger partial charge in [0.1, 0.15) is 17.1 Å². The number of rotatable bonds is 4. The van der Waals surface area contributed by atoms with Crippen LogP contribution in [0.25, 0.3) is 10.9 Å². The number of H-pyrrole nitrogens is 1. The van der Waals surface area contributed by atoms with Crippen LogP contribution in [0.2, 0.25) is 0 Å². The average molecular weight is 360 g/mol. The first-order valence-corrected chi connectivity index (χ1v) is 8.70. The largest absolute Gasteiger partial charge is 0.505 e. The number of hydrogen-bond donors (Lipinski definition) is 2. The predicted molar refractivity (Wildman–Crippen MR) is 103 cm³/mol. The molecule has 0 aliphatic heterocycles. The number of benzene rings is 2. The monoisotopic (exact) mass is 360 g/mol. The molecule has 0 amide bonds. The molecule has 4 nitrogen and oxygen atoms in total. The molecule has 0 radical (unpaired) electrons. The first kappa shape index (κ1) is 17.0. The number of hydrogen-bond acceptors (Lipinski definition) is 3. The van der Waals surface area contributed by atoms with Crippen molar-refractivity contribution >= 4 is 16.7 Å². The van der Waals surface area contributed by atoms with E-state index in [9.17, 15) is 9.50 Å². The second kappa shape index (κ2) is 7.03. The Kier molecular flexibility index (Phi) is 4.42. The average Bonchev–Trinajstić information content (AvgIpc) is 2.69. The van der Waals surface area contributed by atoms with Crippen molar-refractivity contribution in [3.63, 3.8) is 0 Å². The Hall–Kier alpha value is -3.47.